The van der Waals surface area contributed by atoms with Gasteiger partial charge in [-0.25, -0.2) is 0 Å². The highest BCUT2D eigenvalue weighted by Gasteiger charge is 2.40. The maximum absolute atomic E-state index is 11.2. The van der Waals surface area contributed by atoms with E-state index in [0.29, 0.717) is 6.42 Å². The highest BCUT2D eigenvalue weighted by Crippen LogP contribution is 2.47. The molecule has 3 N–H and O–H groups in total. The summed E-state index contributed by atoms with van der Waals surface area (Å²) in [6.07, 6.45) is 13.4. The molecule has 1 aliphatic carbocycles. The third-order valence-corrected chi connectivity index (χ3v) is 6.86. The van der Waals surface area contributed by atoms with Crippen LogP contribution in [0.5, 0.6) is 11.5 Å². The van der Waals surface area contributed by atoms with Crippen LogP contribution in [-0.4, -0.2) is 25.6 Å². The molecule has 0 saturated carbocycles. The number of aromatic amines is 1. The first kappa shape index (κ1) is 23.1. The number of phenolic OH excluding ortho intramolecular Hbond substituents is 2. The van der Waals surface area contributed by atoms with Crippen LogP contribution in [0.3, 0.4) is 0 Å². The molecule has 174 valence electrons. The molecule has 0 bridgehead atoms. The number of nitrogens with one attached hydrogen (secondary N) is 1. The van der Waals surface area contributed by atoms with Gasteiger partial charge >= 0.3 is 0 Å². The summed E-state index contributed by atoms with van der Waals surface area (Å²) in [7, 11) is 0. The third-order valence-electron chi connectivity index (χ3n) is 6.86. The van der Waals surface area contributed by atoms with E-state index in [9.17, 15) is 10.2 Å². The Morgan fingerprint density at radius 1 is 0.848 bits per heavy atom. The van der Waals surface area contributed by atoms with Gasteiger partial charge in [0.2, 0.25) is 0 Å². The van der Waals surface area contributed by atoms with Crippen molar-refractivity contribution in [3.8, 4) is 11.5 Å². The summed E-state index contributed by atoms with van der Waals surface area (Å²) in [6, 6.07) is 12.0. The molecule has 5 nitrogen and oxygen atoms in total. The van der Waals surface area contributed by atoms with Gasteiger partial charge < -0.3 is 10.2 Å². The Labute approximate surface area is 196 Å². The lowest BCUT2D eigenvalue weighted by Crippen LogP contribution is -2.31. The number of nitrogens with zero attached hydrogens (tertiary/aromatic N) is 2. The SMILES string of the molecule is CCCCCc1ccc(C2(c3ccc(CCCCC)cc3O)C=Cc3[nH]nnc3C2)c(O)c1. The van der Waals surface area contributed by atoms with Crippen molar-refractivity contribution in [3.05, 3.63) is 76.1 Å². The summed E-state index contributed by atoms with van der Waals surface area (Å²) < 4.78 is 0. The van der Waals surface area contributed by atoms with E-state index < -0.39 is 5.41 Å². The molecule has 0 unspecified atom stereocenters. The number of benzene rings is 2. The fourth-order valence-corrected chi connectivity index (χ4v) is 4.96. The van der Waals surface area contributed by atoms with Crippen molar-refractivity contribution >= 4 is 6.08 Å². The maximum atomic E-state index is 11.2. The summed E-state index contributed by atoms with van der Waals surface area (Å²) in [5.41, 5.74) is 4.81. The van der Waals surface area contributed by atoms with Crippen LogP contribution in [0.25, 0.3) is 6.08 Å². The minimum atomic E-state index is -0.720. The molecule has 33 heavy (non-hydrogen) atoms. The molecule has 1 heterocycles. The number of hydrogen-bond donors (Lipinski definition) is 3. The van der Waals surface area contributed by atoms with E-state index in [4.69, 9.17) is 0 Å². The Morgan fingerprint density at radius 3 is 1.94 bits per heavy atom. The first-order chi connectivity index (χ1) is 16.1. The highest BCUT2D eigenvalue weighted by atomic mass is 16.3. The predicted octanol–water partition coefficient (Wildman–Crippen LogP) is 6.24. The molecule has 1 aliphatic rings. The number of rotatable bonds is 10. The van der Waals surface area contributed by atoms with Crippen molar-refractivity contribution in [1.82, 2.24) is 15.4 Å². The van der Waals surface area contributed by atoms with Crippen LogP contribution in [-0.2, 0) is 24.7 Å². The van der Waals surface area contributed by atoms with Gasteiger partial charge in [0.05, 0.1) is 16.8 Å². The number of allylic oxidation sites excluding steroid dienone is 1. The highest BCUT2D eigenvalue weighted by molar-refractivity contribution is 5.64. The summed E-state index contributed by atoms with van der Waals surface area (Å²) in [5.74, 6) is 0.513. The smallest absolute Gasteiger partial charge is 0.120 e. The van der Waals surface area contributed by atoms with E-state index in [1.165, 1.54) is 25.7 Å². The van der Waals surface area contributed by atoms with Crippen molar-refractivity contribution in [1.29, 1.82) is 0 Å². The molecule has 0 atom stereocenters. The fourth-order valence-electron chi connectivity index (χ4n) is 4.96. The second-order valence-corrected chi connectivity index (χ2v) is 9.27. The molecule has 0 fully saturated rings. The van der Waals surface area contributed by atoms with Crippen molar-refractivity contribution < 1.29 is 10.2 Å². The van der Waals surface area contributed by atoms with Crippen LogP contribution in [0.1, 0.15) is 86.0 Å². The summed E-state index contributed by atoms with van der Waals surface area (Å²) in [6.45, 7) is 4.39. The van der Waals surface area contributed by atoms with Crippen LogP contribution >= 0.6 is 0 Å². The molecule has 1 aromatic heterocycles. The van der Waals surface area contributed by atoms with Gasteiger partial charge in [0.25, 0.3) is 0 Å². The Bertz CT molecular complexity index is 1060. The van der Waals surface area contributed by atoms with Gasteiger partial charge in [-0.1, -0.05) is 75.1 Å². The fraction of sp³-hybridized carbons (Fsp3) is 0.429. The van der Waals surface area contributed by atoms with E-state index in [1.54, 1.807) is 0 Å². The van der Waals surface area contributed by atoms with E-state index in [1.807, 2.05) is 30.3 Å². The Kier molecular flexibility index (Phi) is 7.17. The Hall–Kier alpha value is -3.08. The number of aromatic hydroxyl groups is 2. The van der Waals surface area contributed by atoms with Gasteiger partial charge in [0, 0.05) is 17.5 Å². The zero-order chi connectivity index (χ0) is 23.3. The molecule has 0 spiro atoms. The molecule has 0 radical (unpaired) electrons. The number of fused-ring (bicyclic) bond motifs is 1. The van der Waals surface area contributed by atoms with Crippen molar-refractivity contribution in [2.75, 3.05) is 0 Å². The predicted molar refractivity (Wildman–Crippen MR) is 133 cm³/mol. The lowest BCUT2D eigenvalue weighted by molar-refractivity contribution is 0.434. The molecule has 5 heteroatoms. The number of aryl methyl sites for hydroxylation is 2. The average molecular weight is 446 g/mol. The quantitative estimate of drug-likeness (QED) is 0.323. The van der Waals surface area contributed by atoms with Crippen molar-refractivity contribution in [2.45, 2.75) is 77.0 Å². The van der Waals surface area contributed by atoms with E-state index >= 15 is 0 Å². The molecule has 0 saturated heterocycles. The average Bonchev–Trinajstić information content (AvgIpc) is 3.27. The zero-order valence-electron chi connectivity index (χ0n) is 19.8. The standard InChI is InChI=1S/C28H35N3O2/c1-3-5-7-9-20-11-13-22(26(32)17-20)28(16-15-24-25(19-28)30-31-29-24)23-14-12-21(18-27(23)33)10-8-6-4-2/h11-18,32-33H,3-10,19H2,1-2H3,(H,29,30,31). The van der Waals surface area contributed by atoms with E-state index in [0.717, 1.165) is 59.3 Å². The van der Waals surface area contributed by atoms with Gasteiger partial charge in [-0.05, 0) is 55.0 Å². The van der Waals surface area contributed by atoms with Gasteiger partial charge in [-0.2, -0.15) is 0 Å². The summed E-state index contributed by atoms with van der Waals surface area (Å²) in [5, 5.41) is 33.5. The third kappa shape index (κ3) is 4.82. The summed E-state index contributed by atoms with van der Waals surface area (Å²) in [4.78, 5) is 0. The van der Waals surface area contributed by atoms with Crippen LogP contribution < -0.4 is 0 Å². The lowest BCUT2D eigenvalue weighted by atomic mass is 9.68. The Balaban J connectivity index is 1.74. The largest absolute Gasteiger partial charge is 0.508 e. The first-order valence-corrected chi connectivity index (χ1v) is 12.3. The lowest BCUT2D eigenvalue weighted by Gasteiger charge is -2.35. The van der Waals surface area contributed by atoms with Crippen molar-refractivity contribution in [2.24, 2.45) is 0 Å². The van der Waals surface area contributed by atoms with Crippen LogP contribution in [0.4, 0.5) is 0 Å². The Morgan fingerprint density at radius 2 is 1.42 bits per heavy atom. The molecule has 0 aliphatic heterocycles. The van der Waals surface area contributed by atoms with Gasteiger partial charge in [0.15, 0.2) is 0 Å². The minimum Gasteiger partial charge on any atom is -0.508 e. The van der Waals surface area contributed by atoms with Crippen LogP contribution in [0.2, 0.25) is 0 Å². The van der Waals surface area contributed by atoms with E-state index in [-0.39, 0.29) is 11.5 Å². The number of hydrogen-bond acceptors (Lipinski definition) is 4. The molecule has 4 rings (SSSR count). The summed E-state index contributed by atoms with van der Waals surface area (Å²) >= 11 is 0. The van der Waals surface area contributed by atoms with Crippen LogP contribution in [0.15, 0.2) is 42.5 Å². The van der Waals surface area contributed by atoms with Crippen molar-refractivity contribution in [3.63, 3.8) is 0 Å². The second kappa shape index (κ2) is 10.2. The number of unbranched alkanes of at least 4 members (excludes halogenated alkanes) is 4. The number of phenols is 2. The van der Waals surface area contributed by atoms with E-state index in [2.05, 4.69) is 47.5 Å². The minimum absolute atomic E-state index is 0.256. The van der Waals surface area contributed by atoms with Crippen LogP contribution in [0, 0.1) is 0 Å². The topological polar surface area (TPSA) is 82.0 Å². The number of H-pyrrole nitrogens is 1. The van der Waals surface area contributed by atoms with Gasteiger partial charge in [-0.15, -0.1) is 5.10 Å². The molecular formula is C28H35N3O2. The zero-order valence-corrected chi connectivity index (χ0v) is 19.8. The molecule has 3 aromatic rings. The molecular weight excluding hydrogens is 410 g/mol. The monoisotopic (exact) mass is 445 g/mol. The normalized spacial score (nSPS) is 14.4. The number of aromatic nitrogens is 3. The van der Waals surface area contributed by atoms with Gasteiger partial charge in [0.1, 0.15) is 11.5 Å². The second-order valence-electron chi connectivity index (χ2n) is 9.27. The molecule has 2 aromatic carbocycles. The maximum Gasteiger partial charge on any atom is 0.120 e. The molecule has 0 amide bonds. The first-order valence-electron chi connectivity index (χ1n) is 12.3. The van der Waals surface area contributed by atoms with Gasteiger partial charge in [-0.3, -0.25) is 5.10 Å².